The van der Waals surface area contributed by atoms with E-state index in [0.717, 1.165) is 27.0 Å². The van der Waals surface area contributed by atoms with E-state index in [9.17, 15) is 5.21 Å². The van der Waals surface area contributed by atoms with Gasteiger partial charge in [-0.2, -0.15) is 0 Å². The van der Waals surface area contributed by atoms with Crippen LogP contribution >= 0.6 is 0 Å². The highest BCUT2D eigenvalue weighted by Crippen LogP contribution is 2.26. The van der Waals surface area contributed by atoms with E-state index in [1.165, 1.54) is 0 Å². The Labute approximate surface area is 92.5 Å². The lowest BCUT2D eigenvalue weighted by molar-refractivity contribution is 0.162. The maximum atomic E-state index is 9.66. The van der Waals surface area contributed by atoms with Gasteiger partial charge in [-0.15, -0.1) is 9.94 Å². The number of benzene rings is 2. The largest absolute Gasteiger partial charge is 0.411 e. The van der Waals surface area contributed by atoms with Gasteiger partial charge in [0.2, 0.25) is 0 Å². The highest BCUT2D eigenvalue weighted by atomic mass is 16.5. The van der Waals surface area contributed by atoms with Gasteiger partial charge in [0.25, 0.3) is 0 Å². The molecule has 0 atom stereocenters. The molecule has 0 radical (unpaired) electrons. The van der Waals surface area contributed by atoms with Crippen LogP contribution < -0.4 is 0 Å². The highest BCUT2D eigenvalue weighted by Gasteiger charge is 2.10. The summed E-state index contributed by atoms with van der Waals surface area (Å²) < 4.78 is 0. The summed E-state index contributed by atoms with van der Waals surface area (Å²) in [5.74, 6) is 0. The molecule has 0 spiro atoms. The fourth-order valence-corrected chi connectivity index (χ4v) is 1.86. The van der Waals surface area contributed by atoms with Crippen LogP contribution in [-0.4, -0.2) is 15.2 Å². The average molecular weight is 210 g/mol. The van der Waals surface area contributed by atoms with E-state index in [4.69, 9.17) is 0 Å². The Kier molecular flexibility index (Phi) is 1.90. The van der Waals surface area contributed by atoms with E-state index < -0.39 is 0 Å². The lowest BCUT2D eigenvalue weighted by Gasteiger charge is -1.95. The topological polar surface area (TPSA) is 38.0 Å². The van der Waals surface area contributed by atoms with Crippen molar-refractivity contribution in [3.8, 4) is 11.3 Å². The van der Waals surface area contributed by atoms with E-state index in [2.05, 4.69) is 5.10 Å². The predicted octanol–water partition coefficient (Wildman–Crippen LogP) is 2.94. The zero-order chi connectivity index (χ0) is 11.0. The number of hydrogen-bond donors (Lipinski definition) is 1. The summed E-state index contributed by atoms with van der Waals surface area (Å²) in [6.45, 7) is 0. The van der Waals surface area contributed by atoms with E-state index in [1.807, 2.05) is 54.6 Å². The van der Waals surface area contributed by atoms with Crippen molar-refractivity contribution in [2.24, 2.45) is 0 Å². The molecule has 0 aliphatic heterocycles. The summed E-state index contributed by atoms with van der Waals surface area (Å²) in [5, 5.41) is 14.7. The minimum absolute atomic E-state index is 0.723. The van der Waals surface area contributed by atoms with Gasteiger partial charge in [-0.25, -0.2) is 0 Å². The van der Waals surface area contributed by atoms with Crippen molar-refractivity contribution in [2.45, 2.75) is 0 Å². The molecule has 0 aliphatic rings. The van der Waals surface area contributed by atoms with Crippen molar-refractivity contribution >= 4 is 10.9 Å². The molecule has 0 saturated carbocycles. The molecule has 1 aromatic heterocycles. The average Bonchev–Trinajstić information content (AvgIpc) is 2.69. The number of nitrogens with zero attached hydrogens (tertiary/aromatic N) is 2. The van der Waals surface area contributed by atoms with Gasteiger partial charge in [-0.05, 0) is 6.07 Å². The van der Waals surface area contributed by atoms with Crippen molar-refractivity contribution in [1.29, 1.82) is 0 Å². The van der Waals surface area contributed by atoms with Gasteiger partial charge in [0, 0.05) is 10.9 Å². The quantitative estimate of drug-likeness (QED) is 0.627. The Bertz CT molecular complexity index is 629. The summed E-state index contributed by atoms with van der Waals surface area (Å²) >= 11 is 0. The normalized spacial score (nSPS) is 10.8. The summed E-state index contributed by atoms with van der Waals surface area (Å²) in [6.07, 6.45) is 0. The lowest BCUT2D eigenvalue weighted by Crippen LogP contribution is -1.91. The van der Waals surface area contributed by atoms with Crippen LogP contribution in [0.1, 0.15) is 0 Å². The van der Waals surface area contributed by atoms with Crippen LogP contribution in [0.25, 0.3) is 22.2 Å². The molecule has 3 rings (SSSR count). The van der Waals surface area contributed by atoms with E-state index in [0.29, 0.717) is 0 Å². The summed E-state index contributed by atoms with van der Waals surface area (Å²) in [5.41, 5.74) is 2.53. The lowest BCUT2D eigenvalue weighted by atomic mass is 10.1. The second-order valence-corrected chi connectivity index (χ2v) is 3.62. The summed E-state index contributed by atoms with van der Waals surface area (Å²) in [7, 11) is 0. The van der Waals surface area contributed by atoms with Gasteiger partial charge < -0.3 is 5.21 Å². The zero-order valence-corrected chi connectivity index (χ0v) is 8.54. The monoisotopic (exact) mass is 210 g/mol. The molecular formula is C13H10N2O. The maximum Gasteiger partial charge on any atom is 0.110 e. The van der Waals surface area contributed by atoms with Crippen LogP contribution in [0, 0.1) is 0 Å². The third-order valence-electron chi connectivity index (χ3n) is 2.62. The first-order valence-electron chi connectivity index (χ1n) is 5.09. The molecule has 1 heterocycles. The Balaban J connectivity index is 2.33. The van der Waals surface area contributed by atoms with Gasteiger partial charge in [-0.1, -0.05) is 48.5 Å². The van der Waals surface area contributed by atoms with Gasteiger partial charge in [0.15, 0.2) is 0 Å². The van der Waals surface area contributed by atoms with Crippen LogP contribution in [0.2, 0.25) is 0 Å². The molecule has 0 amide bonds. The first kappa shape index (κ1) is 8.97. The van der Waals surface area contributed by atoms with E-state index in [1.54, 1.807) is 0 Å². The van der Waals surface area contributed by atoms with E-state index in [-0.39, 0.29) is 0 Å². The third kappa shape index (κ3) is 1.26. The predicted molar refractivity (Wildman–Crippen MR) is 62.4 cm³/mol. The second kappa shape index (κ2) is 3.38. The third-order valence-corrected chi connectivity index (χ3v) is 2.62. The number of fused-ring (bicyclic) bond motifs is 1. The van der Waals surface area contributed by atoms with Crippen molar-refractivity contribution in [3.63, 3.8) is 0 Å². The number of para-hydroxylation sites is 1. The molecule has 1 N–H and O–H groups in total. The van der Waals surface area contributed by atoms with Crippen LogP contribution in [-0.2, 0) is 0 Å². The Morgan fingerprint density at radius 2 is 1.56 bits per heavy atom. The SMILES string of the molecule is On1nc(-c2ccccc2)c2ccccc21. The van der Waals surface area contributed by atoms with Crippen molar-refractivity contribution in [1.82, 2.24) is 9.94 Å². The molecule has 16 heavy (non-hydrogen) atoms. The van der Waals surface area contributed by atoms with Crippen molar-refractivity contribution in [3.05, 3.63) is 54.6 Å². The highest BCUT2D eigenvalue weighted by molar-refractivity contribution is 5.92. The molecule has 0 fully saturated rings. The molecule has 3 nitrogen and oxygen atoms in total. The molecule has 3 heteroatoms. The van der Waals surface area contributed by atoms with Crippen LogP contribution in [0.4, 0.5) is 0 Å². The maximum absolute atomic E-state index is 9.66. The Morgan fingerprint density at radius 3 is 2.38 bits per heavy atom. The van der Waals surface area contributed by atoms with Crippen LogP contribution in [0.5, 0.6) is 0 Å². The van der Waals surface area contributed by atoms with Gasteiger partial charge in [0.05, 0.1) is 0 Å². The minimum atomic E-state index is 0.723. The Hall–Kier alpha value is -2.29. The van der Waals surface area contributed by atoms with Gasteiger partial charge in [0.1, 0.15) is 11.2 Å². The fraction of sp³-hybridized carbons (Fsp3) is 0. The minimum Gasteiger partial charge on any atom is -0.411 e. The number of rotatable bonds is 1. The van der Waals surface area contributed by atoms with Crippen molar-refractivity contribution in [2.75, 3.05) is 0 Å². The van der Waals surface area contributed by atoms with E-state index >= 15 is 0 Å². The van der Waals surface area contributed by atoms with Gasteiger partial charge in [-0.3, -0.25) is 0 Å². The first-order valence-corrected chi connectivity index (χ1v) is 5.09. The summed E-state index contributed by atoms with van der Waals surface area (Å²) in [6, 6.07) is 17.5. The Morgan fingerprint density at radius 1 is 0.875 bits per heavy atom. The van der Waals surface area contributed by atoms with Crippen molar-refractivity contribution < 1.29 is 5.21 Å². The molecule has 0 aliphatic carbocycles. The molecule has 2 aromatic carbocycles. The molecule has 78 valence electrons. The van der Waals surface area contributed by atoms with Crippen LogP contribution in [0.3, 0.4) is 0 Å². The molecular weight excluding hydrogens is 200 g/mol. The molecule has 0 bridgehead atoms. The first-order chi connectivity index (χ1) is 7.86. The van der Waals surface area contributed by atoms with Gasteiger partial charge >= 0.3 is 0 Å². The fourth-order valence-electron chi connectivity index (χ4n) is 1.86. The number of hydrogen-bond acceptors (Lipinski definition) is 2. The van der Waals surface area contributed by atoms with Crippen LogP contribution in [0.15, 0.2) is 54.6 Å². The standard InChI is InChI=1S/C13H10N2O/c16-15-12-9-5-4-8-11(12)13(14-15)10-6-2-1-3-7-10/h1-9,16H. The summed E-state index contributed by atoms with van der Waals surface area (Å²) in [4.78, 5) is 0.928. The number of aromatic nitrogens is 2. The molecule has 3 aromatic rings. The smallest absolute Gasteiger partial charge is 0.110 e. The second-order valence-electron chi connectivity index (χ2n) is 3.62. The zero-order valence-electron chi connectivity index (χ0n) is 8.54. The molecule has 0 unspecified atom stereocenters. The molecule has 0 saturated heterocycles.